The van der Waals surface area contributed by atoms with Crippen LogP contribution >= 0.6 is 23.2 Å². The molecule has 0 aromatic heterocycles. The molecule has 0 heterocycles. The predicted molar refractivity (Wildman–Crippen MR) is 93.7 cm³/mol. The van der Waals surface area contributed by atoms with E-state index < -0.39 is 14.6 Å². The molecule has 120 valence electrons. The van der Waals surface area contributed by atoms with Crippen molar-refractivity contribution in [1.29, 1.82) is 0 Å². The van der Waals surface area contributed by atoms with Gasteiger partial charge in [-0.1, -0.05) is 49.0 Å². The van der Waals surface area contributed by atoms with Gasteiger partial charge in [-0.15, -0.1) is 0 Å². The standard InChI is InChI=1S/C16H26Cl2O2Si/c1-4-5-11-21(2,3)20-16(19)8-6-7-13-9-10-14(17)15(18)12-13/h9-10,12,16,19H,4-8,11H2,1-3H3/t16-/m1/s1. The molecular formula is C16H26Cl2O2Si. The molecule has 1 atom stereocenters. The monoisotopic (exact) mass is 348 g/mol. The van der Waals surface area contributed by atoms with Gasteiger partial charge in [0, 0.05) is 0 Å². The molecule has 2 nitrogen and oxygen atoms in total. The Kier molecular flexibility index (Phi) is 8.28. The number of unbranched alkanes of at least 4 members (excludes halogenated alkanes) is 1. The van der Waals surface area contributed by atoms with Crippen LogP contribution in [0.15, 0.2) is 18.2 Å². The van der Waals surface area contributed by atoms with Crippen molar-refractivity contribution in [3.8, 4) is 0 Å². The zero-order chi connectivity index (χ0) is 15.9. The van der Waals surface area contributed by atoms with E-state index in [0.717, 1.165) is 24.4 Å². The van der Waals surface area contributed by atoms with Crippen LogP contribution in [-0.4, -0.2) is 19.7 Å². The van der Waals surface area contributed by atoms with E-state index in [2.05, 4.69) is 20.0 Å². The topological polar surface area (TPSA) is 29.5 Å². The van der Waals surface area contributed by atoms with Gasteiger partial charge in [-0.3, -0.25) is 0 Å². The van der Waals surface area contributed by atoms with Gasteiger partial charge in [0.25, 0.3) is 0 Å². The fourth-order valence-corrected chi connectivity index (χ4v) is 4.76. The molecule has 0 saturated heterocycles. The number of aryl methyl sites for hydroxylation is 1. The first kappa shape index (κ1) is 19.0. The Hall–Kier alpha value is -0.0631. The Morgan fingerprint density at radius 2 is 1.90 bits per heavy atom. The highest BCUT2D eigenvalue weighted by Gasteiger charge is 2.24. The lowest BCUT2D eigenvalue weighted by Crippen LogP contribution is -2.35. The molecule has 0 saturated carbocycles. The van der Waals surface area contributed by atoms with Crippen LogP contribution < -0.4 is 0 Å². The zero-order valence-electron chi connectivity index (χ0n) is 13.2. The molecule has 0 amide bonds. The molecule has 1 aromatic rings. The number of benzene rings is 1. The highest BCUT2D eigenvalue weighted by molar-refractivity contribution is 6.71. The normalized spacial score (nSPS) is 13.4. The van der Waals surface area contributed by atoms with Crippen LogP contribution in [0.25, 0.3) is 0 Å². The second-order valence-electron chi connectivity index (χ2n) is 6.08. The van der Waals surface area contributed by atoms with E-state index >= 15 is 0 Å². The molecule has 0 radical (unpaired) electrons. The highest BCUT2D eigenvalue weighted by Crippen LogP contribution is 2.24. The molecule has 0 fully saturated rings. The first-order chi connectivity index (χ1) is 9.84. The van der Waals surface area contributed by atoms with Gasteiger partial charge in [-0.2, -0.15) is 0 Å². The van der Waals surface area contributed by atoms with Crippen LogP contribution in [0.1, 0.15) is 38.2 Å². The average molecular weight is 349 g/mol. The number of rotatable bonds is 9. The van der Waals surface area contributed by atoms with E-state index in [-0.39, 0.29) is 0 Å². The molecule has 0 aliphatic rings. The third kappa shape index (κ3) is 7.66. The van der Waals surface area contributed by atoms with E-state index in [1.165, 1.54) is 12.8 Å². The molecule has 0 spiro atoms. The maximum absolute atomic E-state index is 10.0. The third-order valence-electron chi connectivity index (χ3n) is 3.49. The van der Waals surface area contributed by atoms with Gasteiger partial charge in [-0.25, -0.2) is 0 Å². The predicted octanol–water partition coefficient (Wildman–Crippen LogP) is 5.66. The lowest BCUT2D eigenvalue weighted by molar-refractivity contribution is -0.0316. The minimum Gasteiger partial charge on any atom is -0.393 e. The van der Waals surface area contributed by atoms with E-state index in [1.807, 2.05) is 18.2 Å². The van der Waals surface area contributed by atoms with Crippen molar-refractivity contribution in [3.63, 3.8) is 0 Å². The molecule has 1 rings (SSSR count). The molecule has 1 aromatic carbocycles. The molecule has 5 heteroatoms. The fourth-order valence-electron chi connectivity index (χ4n) is 2.26. The third-order valence-corrected chi connectivity index (χ3v) is 6.69. The minimum atomic E-state index is -1.72. The Balaban J connectivity index is 2.32. The maximum atomic E-state index is 10.0. The smallest absolute Gasteiger partial charge is 0.190 e. The molecule has 1 N–H and O–H groups in total. The minimum absolute atomic E-state index is 0.576. The van der Waals surface area contributed by atoms with Gasteiger partial charge in [0.15, 0.2) is 8.32 Å². The second kappa shape index (κ2) is 9.16. The lowest BCUT2D eigenvalue weighted by atomic mass is 10.1. The van der Waals surface area contributed by atoms with Crippen molar-refractivity contribution in [3.05, 3.63) is 33.8 Å². The van der Waals surface area contributed by atoms with Crippen molar-refractivity contribution in [1.82, 2.24) is 0 Å². The summed E-state index contributed by atoms with van der Waals surface area (Å²) in [6.07, 6.45) is 4.10. The SMILES string of the molecule is CCCC[Si](C)(C)O[C@@H](O)CCCc1ccc(Cl)c(Cl)c1. The Morgan fingerprint density at radius 1 is 1.19 bits per heavy atom. The van der Waals surface area contributed by atoms with Gasteiger partial charge in [-0.05, 0) is 56.1 Å². The van der Waals surface area contributed by atoms with Gasteiger partial charge < -0.3 is 9.53 Å². The van der Waals surface area contributed by atoms with Crippen molar-refractivity contribution in [2.24, 2.45) is 0 Å². The van der Waals surface area contributed by atoms with Gasteiger partial charge in [0.2, 0.25) is 0 Å². The largest absolute Gasteiger partial charge is 0.393 e. The first-order valence-corrected chi connectivity index (χ1v) is 11.5. The van der Waals surface area contributed by atoms with E-state index in [4.69, 9.17) is 27.6 Å². The number of halogens is 2. The maximum Gasteiger partial charge on any atom is 0.190 e. The summed E-state index contributed by atoms with van der Waals surface area (Å²) in [7, 11) is -1.72. The molecule has 0 aliphatic carbocycles. The fraction of sp³-hybridized carbons (Fsp3) is 0.625. The lowest BCUT2D eigenvalue weighted by Gasteiger charge is -2.26. The molecule has 21 heavy (non-hydrogen) atoms. The van der Waals surface area contributed by atoms with Gasteiger partial charge in [0.05, 0.1) is 10.0 Å². The van der Waals surface area contributed by atoms with E-state index in [1.54, 1.807) is 0 Å². The molecule has 0 unspecified atom stereocenters. The summed E-state index contributed by atoms with van der Waals surface area (Å²) < 4.78 is 5.87. The number of hydrogen-bond donors (Lipinski definition) is 1. The van der Waals surface area contributed by atoms with Crippen molar-refractivity contribution in [2.75, 3.05) is 0 Å². The quantitative estimate of drug-likeness (QED) is 0.461. The van der Waals surface area contributed by atoms with Crippen molar-refractivity contribution in [2.45, 2.75) is 64.5 Å². The summed E-state index contributed by atoms with van der Waals surface area (Å²) >= 11 is 11.9. The van der Waals surface area contributed by atoms with Crippen LogP contribution in [0, 0.1) is 0 Å². The summed E-state index contributed by atoms with van der Waals surface area (Å²) in [5.41, 5.74) is 1.14. The molecule has 0 aliphatic heterocycles. The Morgan fingerprint density at radius 3 is 2.52 bits per heavy atom. The van der Waals surface area contributed by atoms with Crippen molar-refractivity contribution < 1.29 is 9.53 Å². The Bertz CT molecular complexity index is 438. The van der Waals surface area contributed by atoms with Crippen LogP contribution in [0.3, 0.4) is 0 Å². The van der Waals surface area contributed by atoms with Crippen LogP contribution in [0.2, 0.25) is 29.2 Å². The van der Waals surface area contributed by atoms with Crippen LogP contribution in [0.4, 0.5) is 0 Å². The van der Waals surface area contributed by atoms with E-state index in [9.17, 15) is 5.11 Å². The van der Waals surface area contributed by atoms with Crippen LogP contribution in [-0.2, 0) is 10.8 Å². The van der Waals surface area contributed by atoms with E-state index in [0.29, 0.717) is 16.5 Å². The van der Waals surface area contributed by atoms with Gasteiger partial charge >= 0.3 is 0 Å². The summed E-state index contributed by atoms with van der Waals surface area (Å²) in [5, 5.41) is 11.2. The summed E-state index contributed by atoms with van der Waals surface area (Å²) in [5.74, 6) is 0. The zero-order valence-corrected chi connectivity index (χ0v) is 15.7. The summed E-state index contributed by atoms with van der Waals surface area (Å²) in [6, 6.07) is 6.78. The molecular weight excluding hydrogens is 323 g/mol. The average Bonchev–Trinajstić information content (AvgIpc) is 2.40. The summed E-state index contributed by atoms with van der Waals surface area (Å²) in [4.78, 5) is 0. The highest BCUT2D eigenvalue weighted by atomic mass is 35.5. The Labute approximate surface area is 139 Å². The number of aliphatic hydroxyl groups is 1. The summed E-state index contributed by atoms with van der Waals surface area (Å²) in [6.45, 7) is 6.52. The second-order valence-corrected chi connectivity index (χ2v) is 11.1. The number of aliphatic hydroxyl groups excluding tert-OH is 1. The van der Waals surface area contributed by atoms with Crippen LogP contribution in [0.5, 0.6) is 0 Å². The molecule has 0 bridgehead atoms. The van der Waals surface area contributed by atoms with Gasteiger partial charge in [0.1, 0.15) is 6.29 Å². The number of hydrogen-bond acceptors (Lipinski definition) is 2. The first-order valence-electron chi connectivity index (χ1n) is 7.64. The van der Waals surface area contributed by atoms with Crippen molar-refractivity contribution >= 4 is 31.5 Å².